The van der Waals surface area contributed by atoms with Gasteiger partial charge < -0.3 is 20.1 Å². The molecule has 9 nitrogen and oxygen atoms in total. The summed E-state index contributed by atoms with van der Waals surface area (Å²) in [5.74, 6) is 2.50. The highest BCUT2D eigenvalue weighted by Crippen LogP contribution is 2.21. The summed E-state index contributed by atoms with van der Waals surface area (Å²) in [4.78, 5) is 17.4. The highest BCUT2D eigenvalue weighted by molar-refractivity contribution is 5.44. The minimum Gasteiger partial charge on any atom is -0.368 e. The number of rotatable bonds is 2. The maximum absolute atomic E-state index is 5.86. The van der Waals surface area contributed by atoms with Crippen molar-refractivity contribution in [3.63, 3.8) is 0 Å². The first-order chi connectivity index (χ1) is 10.3. The van der Waals surface area contributed by atoms with Crippen LogP contribution in [0.2, 0.25) is 0 Å². The molecule has 0 aliphatic carbocycles. The number of nitrogens with zero attached hydrogens (tertiary/aromatic N) is 8. The van der Waals surface area contributed by atoms with E-state index in [0.29, 0.717) is 18.4 Å². The van der Waals surface area contributed by atoms with Gasteiger partial charge in [-0.1, -0.05) is 0 Å². The zero-order valence-electron chi connectivity index (χ0n) is 11.7. The van der Waals surface area contributed by atoms with Crippen LogP contribution >= 0.6 is 0 Å². The van der Waals surface area contributed by atoms with E-state index in [9.17, 15) is 0 Å². The van der Waals surface area contributed by atoms with Crippen molar-refractivity contribution in [2.24, 2.45) is 0 Å². The van der Waals surface area contributed by atoms with Crippen molar-refractivity contribution in [2.75, 3.05) is 35.2 Å². The fraction of sp³-hybridized carbons (Fsp3) is 0.583. The van der Waals surface area contributed by atoms with Crippen LogP contribution in [0.5, 0.6) is 0 Å². The lowest BCUT2D eigenvalue weighted by atomic mass is 10.4. The molecule has 4 heterocycles. The van der Waals surface area contributed by atoms with Gasteiger partial charge in [0.2, 0.25) is 17.8 Å². The lowest BCUT2D eigenvalue weighted by Gasteiger charge is -2.27. The van der Waals surface area contributed by atoms with Crippen molar-refractivity contribution >= 4 is 17.8 Å². The van der Waals surface area contributed by atoms with E-state index in [0.717, 1.165) is 32.0 Å². The number of hydrogen-bond donors (Lipinski definition) is 1. The summed E-state index contributed by atoms with van der Waals surface area (Å²) in [5.41, 5.74) is 5.86. The molecule has 0 atom stereocenters. The van der Waals surface area contributed by atoms with Gasteiger partial charge >= 0.3 is 0 Å². The molecule has 0 unspecified atom stereocenters. The van der Waals surface area contributed by atoms with Crippen LogP contribution in [0, 0.1) is 0 Å². The van der Waals surface area contributed by atoms with E-state index in [-0.39, 0.29) is 5.95 Å². The fourth-order valence-electron chi connectivity index (χ4n) is 2.81. The van der Waals surface area contributed by atoms with Crippen molar-refractivity contribution < 1.29 is 0 Å². The van der Waals surface area contributed by atoms with E-state index < -0.39 is 0 Å². The normalized spacial score (nSPS) is 18.1. The predicted octanol–water partition coefficient (Wildman–Crippen LogP) is -0.334. The number of nitrogen functional groups attached to an aromatic ring is 1. The van der Waals surface area contributed by atoms with Gasteiger partial charge in [-0.05, 0) is 12.8 Å². The van der Waals surface area contributed by atoms with Crippen LogP contribution in [0.15, 0.2) is 6.33 Å². The minimum absolute atomic E-state index is 0.272. The Morgan fingerprint density at radius 2 is 1.67 bits per heavy atom. The molecule has 2 N–H and O–H groups in total. The first-order valence-corrected chi connectivity index (χ1v) is 7.18. The lowest BCUT2D eigenvalue weighted by molar-refractivity contribution is 0.551. The first kappa shape index (κ1) is 12.3. The van der Waals surface area contributed by atoms with Crippen molar-refractivity contribution in [3.8, 4) is 0 Å². The molecule has 4 rings (SSSR count). The second-order valence-electron chi connectivity index (χ2n) is 5.35. The molecule has 0 bridgehead atoms. The Bertz CT molecular complexity index is 646. The van der Waals surface area contributed by atoms with Crippen LogP contribution in [0.1, 0.15) is 18.7 Å². The highest BCUT2D eigenvalue weighted by atomic mass is 15.4. The van der Waals surface area contributed by atoms with E-state index >= 15 is 0 Å². The van der Waals surface area contributed by atoms with Crippen molar-refractivity contribution in [1.82, 2.24) is 29.7 Å². The molecular formula is C12H17N9. The summed E-state index contributed by atoms with van der Waals surface area (Å²) in [6.07, 6.45) is 4.10. The molecule has 2 aliphatic heterocycles. The average molecular weight is 287 g/mol. The molecule has 110 valence electrons. The molecule has 0 amide bonds. The van der Waals surface area contributed by atoms with Gasteiger partial charge in [0, 0.05) is 26.2 Å². The molecule has 9 heteroatoms. The van der Waals surface area contributed by atoms with Gasteiger partial charge in [-0.15, -0.1) is 10.2 Å². The van der Waals surface area contributed by atoms with Gasteiger partial charge in [0.25, 0.3) is 0 Å². The summed E-state index contributed by atoms with van der Waals surface area (Å²) in [6.45, 7) is 4.25. The maximum Gasteiger partial charge on any atom is 0.232 e. The standard InChI is InChI=1S/C12H17N9/c13-10-15-11(19-3-1-2-4-19)17-12(16-10)20-5-6-21-8-14-18-9(21)7-20/h8H,1-7H2,(H2,13,15,16,17). The van der Waals surface area contributed by atoms with Gasteiger partial charge in [-0.3, -0.25) is 0 Å². The molecule has 1 fully saturated rings. The van der Waals surface area contributed by atoms with Crippen LogP contribution < -0.4 is 15.5 Å². The van der Waals surface area contributed by atoms with Crippen molar-refractivity contribution in [1.29, 1.82) is 0 Å². The molecule has 2 aliphatic rings. The largest absolute Gasteiger partial charge is 0.368 e. The smallest absolute Gasteiger partial charge is 0.232 e. The van der Waals surface area contributed by atoms with Crippen LogP contribution in [-0.2, 0) is 13.1 Å². The van der Waals surface area contributed by atoms with E-state index in [1.54, 1.807) is 6.33 Å². The molecule has 2 aromatic heterocycles. The van der Waals surface area contributed by atoms with Crippen LogP contribution in [0.3, 0.4) is 0 Å². The Labute approximate surface area is 121 Å². The average Bonchev–Trinajstić information content (AvgIpc) is 3.17. The molecule has 0 spiro atoms. The molecule has 1 saturated heterocycles. The number of hydrogen-bond acceptors (Lipinski definition) is 8. The van der Waals surface area contributed by atoms with Crippen molar-refractivity contribution in [3.05, 3.63) is 12.2 Å². The maximum atomic E-state index is 5.86. The second-order valence-corrected chi connectivity index (χ2v) is 5.35. The summed E-state index contributed by atoms with van der Waals surface area (Å²) < 4.78 is 2.04. The van der Waals surface area contributed by atoms with E-state index in [1.807, 2.05) is 4.57 Å². The zero-order chi connectivity index (χ0) is 14.2. The molecule has 0 saturated carbocycles. The summed E-state index contributed by atoms with van der Waals surface area (Å²) in [6, 6.07) is 0. The quantitative estimate of drug-likeness (QED) is 0.800. The summed E-state index contributed by atoms with van der Waals surface area (Å²) >= 11 is 0. The Balaban J connectivity index is 1.63. The topological polar surface area (TPSA) is 102 Å². The van der Waals surface area contributed by atoms with Gasteiger partial charge in [-0.2, -0.15) is 15.0 Å². The second kappa shape index (κ2) is 4.83. The third-order valence-electron chi connectivity index (χ3n) is 3.94. The zero-order valence-corrected chi connectivity index (χ0v) is 11.7. The molecule has 0 aromatic carbocycles. The lowest BCUT2D eigenvalue weighted by Crippen LogP contribution is -2.35. The fourth-order valence-corrected chi connectivity index (χ4v) is 2.81. The predicted molar refractivity (Wildman–Crippen MR) is 76.8 cm³/mol. The van der Waals surface area contributed by atoms with Gasteiger partial charge in [-0.25, -0.2) is 0 Å². The van der Waals surface area contributed by atoms with Crippen LogP contribution in [0.4, 0.5) is 17.8 Å². The van der Waals surface area contributed by atoms with Crippen LogP contribution in [0.25, 0.3) is 0 Å². The molecule has 0 radical (unpaired) electrons. The third kappa shape index (κ3) is 2.24. The third-order valence-corrected chi connectivity index (χ3v) is 3.94. The van der Waals surface area contributed by atoms with Gasteiger partial charge in [0.05, 0.1) is 6.54 Å². The first-order valence-electron chi connectivity index (χ1n) is 7.18. The Hall–Kier alpha value is -2.45. The molecule has 21 heavy (non-hydrogen) atoms. The minimum atomic E-state index is 0.272. The van der Waals surface area contributed by atoms with Crippen LogP contribution in [-0.4, -0.2) is 49.4 Å². The van der Waals surface area contributed by atoms with E-state index in [1.165, 1.54) is 12.8 Å². The number of fused-ring (bicyclic) bond motifs is 1. The Kier molecular flexibility index (Phi) is 2.83. The highest BCUT2D eigenvalue weighted by Gasteiger charge is 2.23. The Morgan fingerprint density at radius 1 is 0.905 bits per heavy atom. The number of aromatic nitrogens is 6. The number of anilines is 3. The summed E-state index contributed by atoms with van der Waals surface area (Å²) in [7, 11) is 0. The molecule has 2 aromatic rings. The SMILES string of the molecule is Nc1nc(N2CCCC2)nc(N2CCn3cnnc3C2)n1. The van der Waals surface area contributed by atoms with Gasteiger partial charge in [0.1, 0.15) is 6.33 Å². The Morgan fingerprint density at radius 3 is 2.48 bits per heavy atom. The monoisotopic (exact) mass is 287 g/mol. The van der Waals surface area contributed by atoms with Gasteiger partial charge in [0.15, 0.2) is 5.82 Å². The molecular weight excluding hydrogens is 270 g/mol. The van der Waals surface area contributed by atoms with Crippen molar-refractivity contribution in [2.45, 2.75) is 25.9 Å². The number of nitrogens with two attached hydrogens (primary N) is 1. The van der Waals surface area contributed by atoms with E-state index in [4.69, 9.17) is 5.73 Å². The summed E-state index contributed by atoms with van der Waals surface area (Å²) in [5, 5.41) is 8.04. The van der Waals surface area contributed by atoms with E-state index in [2.05, 4.69) is 34.9 Å².